The lowest BCUT2D eigenvalue weighted by Gasteiger charge is -2.06. The summed E-state index contributed by atoms with van der Waals surface area (Å²) in [6.45, 7) is 0.597. The van der Waals surface area contributed by atoms with Crippen molar-refractivity contribution in [2.45, 2.75) is 13.2 Å². The number of rotatable bonds is 3. The van der Waals surface area contributed by atoms with E-state index < -0.39 is 0 Å². The van der Waals surface area contributed by atoms with Crippen LogP contribution in [0.3, 0.4) is 0 Å². The number of aromatic amines is 1. The quantitative estimate of drug-likeness (QED) is 0.759. The van der Waals surface area contributed by atoms with E-state index in [1.807, 2.05) is 17.7 Å². The smallest absolute Gasteiger partial charge is 0.177 e. The van der Waals surface area contributed by atoms with Gasteiger partial charge in [0.1, 0.15) is 0 Å². The Morgan fingerprint density at radius 3 is 2.93 bits per heavy atom. The van der Waals surface area contributed by atoms with Crippen molar-refractivity contribution in [2.75, 3.05) is 0 Å². The summed E-state index contributed by atoms with van der Waals surface area (Å²) >= 11 is 5.12. The Kier molecular flexibility index (Phi) is 2.70. The maximum Gasteiger partial charge on any atom is 0.177 e. The van der Waals surface area contributed by atoms with Crippen molar-refractivity contribution >= 4 is 12.2 Å². The van der Waals surface area contributed by atoms with Crippen LogP contribution in [0.25, 0.3) is 0 Å². The van der Waals surface area contributed by atoms with Gasteiger partial charge in [-0.15, -0.1) is 0 Å². The van der Waals surface area contributed by atoms with Crippen LogP contribution in [-0.4, -0.2) is 24.4 Å². The van der Waals surface area contributed by atoms with E-state index in [9.17, 15) is 0 Å². The van der Waals surface area contributed by atoms with Crippen LogP contribution in [0.5, 0.6) is 0 Å². The highest BCUT2D eigenvalue weighted by atomic mass is 32.1. The lowest BCUT2D eigenvalue weighted by Crippen LogP contribution is -2.08. The first-order valence-corrected chi connectivity index (χ1v) is 4.98. The number of hydrogen-bond acceptors (Lipinski definition) is 3. The van der Waals surface area contributed by atoms with Gasteiger partial charge < -0.3 is 14.7 Å². The van der Waals surface area contributed by atoms with Crippen molar-refractivity contribution in [3.05, 3.63) is 34.6 Å². The molecule has 0 bridgehead atoms. The van der Waals surface area contributed by atoms with Crippen LogP contribution in [0.1, 0.15) is 11.4 Å². The van der Waals surface area contributed by atoms with Gasteiger partial charge in [-0.3, -0.25) is 4.68 Å². The van der Waals surface area contributed by atoms with Crippen LogP contribution in [0.2, 0.25) is 0 Å². The van der Waals surface area contributed by atoms with Gasteiger partial charge in [0.15, 0.2) is 4.77 Å². The van der Waals surface area contributed by atoms with Crippen LogP contribution < -0.4 is 0 Å². The maximum atomic E-state index is 9.12. The number of nitrogens with one attached hydrogen (secondary N) is 1. The SMILES string of the molecule is Cn1nccc1Cn1c(CO)c[nH]c1=S. The molecule has 2 rings (SSSR count). The molecule has 0 amide bonds. The topological polar surface area (TPSA) is 58.8 Å². The molecular weight excluding hydrogens is 212 g/mol. The largest absolute Gasteiger partial charge is 0.390 e. The standard InChI is InChI=1S/C9H12N4OS/c1-12-7(2-3-11-12)5-13-8(6-14)4-10-9(13)15/h2-4,14H,5-6H2,1H3,(H,10,15). The second-order valence-corrected chi connectivity index (χ2v) is 3.66. The molecule has 0 radical (unpaired) electrons. The zero-order valence-electron chi connectivity index (χ0n) is 8.34. The minimum Gasteiger partial charge on any atom is -0.390 e. The fourth-order valence-corrected chi connectivity index (χ4v) is 1.69. The van der Waals surface area contributed by atoms with E-state index >= 15 is 0 Å². The molecular formula is C9H12N4OS. The van der Waals surface area contributed by atoms with E-state index in [0.29, 0.717) is 11.3 Å². The van der Waals surface area contributed by atoms with Gasteiger partial charge >= 0.3 is 0 Å². The van der Waals surface area contributed by atoms with Gasteiger partial charge in [-0.05, 0) is 18.3 Å². The Hall–Kier alpha value is -1.40. The number of nitrogens with zero attached hydrogens (tertiary/aromatic N) is 3. The van der Waals surface area contributed by atoms with Gasteiger partial charge in [-0.2, -0.15) is 5.10 Å². The van der Waals surface area contributed by atoms with Crippen LogP contribution in [0.15, 0.2) is 18.5 Å². The lowest BCUT2D eigenvalue weighted by molar-refractivity contribution is 0.271. The summed E-state index contributed by atoms with van der Waals surface area (Å²) in [5, 5.41) is 13.2. The average Bonchev–Trinajstić information content (AvgIpc) is 2.77. The van der Waals surface area contributed by atoms with Gasteiger partial charge in [0.25, 0.3) is 0 Å². The van der Waals surface area contributed by atoms with E-state index in [2.05, 4.69) is 10.1 Å². The molecule has 2 aromatic heterocycles. The molecule has 5 nitrogen and oxygen atoms in total. The summed E-state index contributed by atoms with van der Waals surface area (Å²) in [4.78, 5) is 2.91. The van der Waals surface area contributed by atoms with Crippen LogP contribution in [-0.2, 0) is 20.2 Å². The molecule has 0 aromatic carbocycles. The second-order valence-electron chi connectivity index (χ2n) is 3.28. The predicted molar refractivity (Wildman–Crippen MR) is 57.8 cm³/mol. The molecule has 15 heavy (non-hydrogen) atoms. The summed E-state index contributed by atoms with van der Waals surface area (Å²) in [6, 6.07) is 1.93. The Morgan fingerprint density at radius 2 is 2.33 bits per heavy atom. The number of aryl methyl sites for hydroxylation is 1. The minimum absolute atomic E-state index is 0.0228. The van der Waals surface area contributed by atoms with Gasteiger partial charge in [0.05, 0.1) is 24.5 Å². The molecule has 2 heterocycles. The summed E-state index contributed by atoms with van der Waals surface area (Å²) in [5.41, 5.74) is 1.82. The fraction of sp³-hybridized carbons (Fsp3) is 0.333. The number of aliphatic hydroxyl groups excluding tert-OH is 1. The molecule has 80 valence electrons. The minimum atomic E-state index is -0.0228. The Morgan fingerprint density at radius 1 is 1.53 bits per heavy atom. The average molecular weight is 224 g/mol. The van der Waals surface area contributed by atoms with Crippen molar-refractivity contribution in [1.82, 2.24) is 19.3 Å². The van der Waals surface area contributed by atoms with Gasteiger partial charge in [0, 0.05) is 19.4 Å². The monoisotopic (exact) mass is 224 g/mol. The van der Waals surface area contributed by atoms with Crippen molar-refractivity contribution < 1.29 is 5.11 Å². The van der Waals surface area contributed by atoms with Crippen LogP contribution >= 0.6 is 12.2 Å². The summed E-state index contributed by atoms with van der Waals surface area (Å²) in [5.74, 6) is 0. The first kappa shape index (κ1) is 10.1. The van der Waals surface area contributed by atoms with Crippen LogP contribution in [0, 0.1) is 4.77 Å². The summed E-state index contributed by atoms with van der Waals surface area (Å²) < 4.78 is 4.25. The summed E-state index contributed by atoms with van der Waals surface area (Å²) in [7, 11) is 1.88. The molecule has 0 saturated carbocycles. The molecule has 0 atom stereocenters. The highest BCUT2D eigenvalue weighted by Gasteiger charge is 2.05. The molecule has 0 fully saturated rings. The number of H-pyrrole nitrogens is 1. The number of aromatic nitrogens is 4. The van der Waals surface area contributed by atoms with Crippen LogP contribution in [0.4, 0.5) is 0 Å². The molecule has 0 unspecified atom stereocenters. The number of hydrogen-bond donors (Lipinski definition) is 2. The molecule has 0 aliphatic heterocycles. The van der Waals surface area contributed by atoms with Gasteiger partial charge in [-0.1, -0.05) is 0 Å². The molecule has 2 N–H and O–H groups in total. The van der Waals surface area contributed by atoms with Crippen molar-refractivity contribution in [3.63, 3.8) is 0 Å². The molecule has 6 heteroatoms. The number of imidazole rings is 1. The molecule has 0 aliphatic rings. The third kappa shape index (κ3) is 1.86. The molecule has 0 spiro atoms. The van der Waals surface area contributed by atoms with Crippen molar-refractivity contribution in [2.24, 2.45) is 7.05 Å². The highest BCUT2D eigenvalue weighted by molar-refractivity contribution is 7.71. The first-order valence-electron chi connectivity index (χ1n) is 4.57. The maximum absolute atomic E-state index is 9.12. The Labute approximate surface area is 92.0 Å². The summed E-state index contributed by atoms with van der Waals surface area (Å²) in [6.07, 6.45) is 3.46. The number of aliphatic hydroxyl groups is 1. The van der Waals surface area contributed by atoms with E-state index in [1.54, 1.807) is 17.1 Å². The van der Waals surface area contributed by atoms with Gasteiger partial charge in [0.2, 0.25) is 0 Å². The van der Waals surface area contributed by atoms with E-state index in [1.165, 1.54) is 0 Å². The predicted octanol–water partition coefficient (Wildman–Crippen LogP) is 0.820. The fourth-order valence-electron chi connectivity index (χ4n) is 1.45. The Balaban J connectivity index is 2.35. The van der Waals surface area contributed by atoms with E-state index in [0.717, 1.165) is 11.4 Å². The van der Waals surface area contributed by atoms with Crippen molar-refractivity contribution in [3.8, 4) is 0 Å². The second kappa shape index (κ2) is 4.00. The zero-order chi connectivity index (χ0) is 10.8. The Bertz CT molecular complexity index is 510. The third-order valence-electron chi connectivity index (χ3n) is 2.36. The zero-order valence-corrected chi connectivity index (χ0v) is 9.16. The first-order chi connectivity index (χ1) is 7.22. The lowest BCUT2D eigenvalue weighted by atomic mass is 10.4. The highest BCUT2D eigenvalue weighted by Crippen LogP contribution is 2.06. The van der Waals surface area contributed by atoms with E-state index in [4.69, 9.17) is 17.3 Å². The molecule has 2 aromatic rings. The normalized spacial score (nSPS) is 10.8. The van der Waals surface area contributed by atoms with E-state index in [-0.39, 0.29) is 6.61 Å². The van der Waals surface area contributed by atoms with Gasteiger partial charge in [-0.25, -0.2) is 0 Å². The third-order valence-corrected chi connectivity index (χ3v) is 2.70. The van der Waals surface area contributed by atoms with Crippen molar-refractivity contribution in [1.29, 1.82) is 0 Å². The molecule has 0 aliphatic carbocycles. The molecule has 0 saturated heterocycles.